The first-order valence-electron chi connectivity index (χ1n) is 4.59. The Morgan fingerprint density at radius 2 is 1.57 bits per heavy atom. The van der Waals surface area contributed by atoms with E-state index in [1.54, 1.807) is 6.92 Å². The molecule has 0 aliphatic carbocycles. The normalized spacial score (nSPS) is 15.6. The first-order valence-corrected chi connectivity index (χ1v) is 4.59. The topological polar surface area (TPSA) is 26.0 Å². The van der Waals surface area contributed by atoms with Crippen LogP contribution in [0.15, 0.2) is 18.2 Å². The highest BCUT2D eigenvalue weighted by Gasteiger charge is 2.26. The third kappa shape index (κ3) is 2.10. The molecule has 1 aromatic carbocycles. The molecule has 1 atom stereocenters. The van der Waals surface area contributed by atoms with Gasteiger partial charge in [0.1, 0.15) is 11.6 Å². The van der Waals surface area contributed by atoms with Gasteiger partial charge in [-0.05, 0) is 30.5 Å². The fourth-order valence-corrected chi connectivity index (χ4v) is 1.20. The van der Waals surface area contributed by atoms with E-state index in [0.29, 0.717) is 5.56 Å². The minimum atomic E-state index is -0.705. The molecule has 0 saturated heterocycles. The molecule has 0 aliphatic rings. The second kappa shape index (κ2) is 3.65. The van der Waals surface area contributed by atoms with Crippen molar-refractivity contribution in [3.63, 3.8) is 0 Å². The average molecular weight is 199 g/mol. The quantitative estimate of drug-likeness (QED) is 0.778. The van der Waals surface area contributed by atoms with Crippen LogP contribution in [-0.2, 0) is 5.54 Å². The van der Waals surface area contributed by atoms with Crippen LogP contribution in [0.25, 0.3) is 0 Å². The molecular formula is C11H15F2N. The van der Waals surface area contributed by atoms with Gasteiger partial charge in [0, 0.05) is 11.6 Å². The lowest BCUT2D eigenvalue weighted by molar-refractivity contribution is 0.347. The van der Waals surface area contributed by atoms with E-state index >= 15 is 0 Å². The van der Waals surface area contributed by atoms with Crippen molar-refractivity contribution >= 4 is 0 Å². The van der Waals surface area contributed by atoms with Crippen LogP contribution in [0.3, 0.4) is 0 Å². The molecule has 0 spiro atoms. The molecule has 1 aromatic rings. The summed E-state index contributed by atoms with van der Waals surface area (Å²) < 4.78 is 25.9. The van der Waals surface area contributed by atoms with E-state index in [9.17, 15) is 8.78 Å². The predicted octanol–water partition coefficient (Wildman–Crippen LogP) is 2.79. The summed E-state index contributed by atoms with van der Waals surface area (Å²) in [6, 6.07) is 3.41. The monoisotopic (exact) mass is 199 g/mol. The smallest absolute Gasteiger partial charge is 0.126 e. The van der Waals surface area contributed by atoms with E-state index in [1.807, 2.05) is 13.8 Å². The van der Waals surface area contributed by atoms with E-state index in [4.69, 9.17) is 5.73 Å². The SMILES string of the molecule is CC(C)[C@@](C)(N)c1cc(F)cc(F)c1. The summed E-state index contributed by atoms with van der Waals surface area (Å²) >= 11 is 0. The van der Waals surface area contributed by atoms with Crippen LogP contribution in [0.1, 0.15) is 26.3 Å². The Morgan fingerprint density at radius 1 is 1.14 bits per heavy atom. The highest BCUT2D eigenvalue weighted by atomic mass is 19.1. The molecule has 0 saturated carbocycles. The van der Waals surface area contributed by atoms with Gasteiger partial charge in [-0.3, -0.25) is 0 Å². The second-order valence-electron chi connectivity index (χ2n) is 4.10. The van der Waals surface area contributed by atoms with Gasteiger partial charge in [0.2, 0.25) is 0 Å². The summed E-state index contributed by atoms with van der Waals surface area (Å²) in [7, 11) is 0. The van der Waals surface area contributed by atoms with Gasteiger partial charge in [-0.2, -0.15) is 0 Å². The molecular weight excluding hydrogens is 184 g/mol. The third-order valence-corrected chi connectivity index (χ3v) is 2.68. The molecule has 0 amide bonds. The van der Waals surface area contributed by atoms with Crippen LogP contribution in [0.4, 0.5) is 8.78 Å². The van der Waals surface area contributed by atoms with Crippen LogP contribution in [-0.4, -0.2) is 0 Å². The lowest BCUT2D eigenvalue weighted by atomic mass is 9.83. The van der Waals surface area contributed by atoms with E-state index in [2.05, 4.69) is 0 Å². The maximum Gasteiger partial charge on any atom is 0.126 e. The zero-order valence-corrected chi connectivity index (χ0v) is 8.64. The lowest BCUT2D eigenvalue weighted by Gasteiger charge is -2.29. The summed E-state index contributed by atoms with van der Waals surface area (Å²) in [4.78, 5) is 0. The van der Waals surface area contributed by atoms with Gasteiger partial charge in [-0.25, -0.2) is 8.78 Å². The Bertz CT molecular complexity index is 312. The number of hydrogen-bond donors (Lipinski definition) is 1. The predicted molar refractivity (Wildman–Crippen MR) is 52.7 cm³/mol. The zero-order valence-electron chi connectivity index (χ0n) is 8.64. The average Bonchev–Trinajstić information content (AvgIpc) is 2.01. The number of rotatable bonds is 2. The maximum absolute atomic E-state index is 12.9. The van der Waals surface area contributed by atoms with Crippen LogP contribution in [0.5, 0.6) is 0 Å². The number of halogens is 2. The van der Waals surface area contributed by atoms with Crippen molar-refractivity contribution in [1.29, 1.82) is 0 Å². The molecule has 2 N–H and O–H groups in total. The molecule has 0 unspecified atom stereocenters. The maximum atomic E-state index is 12.9. The Hall–Kier alpha value is -0.960. The Balaban J connectivity index is 3.18. The molecule has 14 heavy (non-hydrogen) atoms. The van der Waals surface area contributed by atoms with Crippen molar-refractivity contribution < 1.29 is 8.78 Å². The van der Waals surface area contributed by atoms with Crippen molar-refractivity contribution in [2.24, 2.45) is 11.7 Å². The van der Waals surface area contributed by atoms with Crippen molar-refractivity contribution in [1.82, 2.24) is 0 Å². The molecule has 0 aliphatic heterocycles. The second-order valence-corrected chi connectivity index (χ2v) is 4.10. The molecule has 0 bridgehead atoms. The third-order valence-electron chi connectivity index (χ3n) is 2.68. The minimum absolute atomic E-state index is 0.115. The van der Waals surface area contributed by atoms with Crippen molar-refractivity contribution in [2.75, 3.05) is 0 Å². The lowest BCUT2D eigenvalue weighted by Crippen LogP contribution is -2.38. The largest absolute Gasteiger partial charge is 0.321 e. The summed E-state index contributed by atoms with van der Waals surface area (Å²) in [5.74, 6) is -1.06. The molecule has 78 valence electrons. The van der Waals surface area contributed by atoms with Crippen molar-refractivity contribution in [3.8, 4) is 0 Å². The zero-order chi connectivity index (χ0) is 10.9. The highest BCUT2D eigenvalue weighted by Crippen LogP contribution is 2.27. The standard InChI is InChI=1S/C11H15F2N/c1-7(2)11(3,14)8-4-9(12)6-10(13)5-8/h4-7H,14H2,1-3H3/t11-/m1/s1. The summed E-state index contributed by atoms with van der Waals surface area (Å²) in [6.45, 7) is 5.61. The molecule has 1 nitrogen and oxygen atoms in total. The highest BCUT2D eigenvalue weighted by molar-refractivity contribution is 5.25. The van der Waals surface area contributed by atoms with Gasteiger partial charge in [0.05, 0.1) is 0 Å². The molecule has 0 heterocycles. The van der Waals surface area contributed by atoms with E-state index in [1.165, 1.54) is 12.1 Å². The summed E-state index contributed by atoms with van der Waals surface area (Å²) in [5.41, 5.74) is 5.77. The van der Waals surface area contributed by atoms with Gasteiger partial charge >= 0.3 is 0 Å². The van der Waals surface area contributed by atoms with Crippen LogP contribution < -0.4 is 5.73 Å². The number of benzene rings is 1. The summed E-state index contributed by atoms with van der Waals surface area (Å²) in [5, 5.41) is 0. The first kappa shape index (κ1) is 11.1. The van der Waals surface area contributed by atoms with E-state index in [-0.39, 0.29) is 5.92 Å². The molecule has 0 radical (unpaired) electrons. The van der Waals surface area contributed by atoms with Gasteiger partial charge < -0.3 is 5.73 Å². The fourth-order valence-electron chi connectivity index (χ4n) is 1.20. The van der Waals surface area contributed by atoms with Crippen molar-refractivity contribution in [2.45, 2.75) is 26.3 Å². The summed E-state index contributed by atoms with van der Waals surface area (Å²) in [6.07, 6.45) is 0. The number of nitrogens with two attached hydrogens (primary N) is 1. The first-order chi connectivity index (χ1) is 6.34. The molecule has 1 rings (SSSR count). The van der Waals surface area contributed by atoms with Gasteiger partial charge in [-0.1, -0.05) is 13.8 Å². The Kier molecular flexibility index (Phi) is 2.90. The van der Waals surface area contributed by atoms with Gasteiger partial charge in [0.15, 0.2) is 0 Å². The molecule has 0 fully saturated rings. The van der Waals surface area contributed by atoms with Crippen LogP contribution in [0, 0.1) is 17.6 Å². The van der Waals surface area contributed by atoms with Crippen LogP contribution >= 0.6 is 0 Å². The fraction of sp³-hybridized carbons (Fsp3) is 0.455. The van der Waals surface area contributed by atoms with E-state index < -0.39 is 17.2 Å². The Morgan fingerprint density at radius 3 is 1.93 bits per heavy atom. The van der Waals surface area contributed by atoms with E-state index in [0.717, 1.165) is 6.07 Å². The van der Waals surface area contributed by atoms with Crippen LogP contribution in [0.2, 0.25) is 0 Å². The molecule has 3 heteroatoms. The van der Waals surface area contributed by atoms with Gasteiger partial charge in [0.25, 0.3) is 0 Å². The van der Waals surface area contributed by atoms with Gasteiger partial charge in [-0.15, -0.1) is 0 Å². The van der Waals surface area contributed by atoms with Crippen molar-refractivity contribution in [3.05, 3.63) is 35.4 Å². The Labute approximate surface area is 82.9 Å². The molecule has 0 aromatic heterocycles. The minimum Gasteiger partial charge on any atom is -0.321 e. The number of hydrogen-bond acceptors (Lipinski definition) is 1.